The van der Waals surface area contributed by atoms with Crippen molar-refractivity contribution in [1.29, 1.82) is 0 Å². The monoisotopic (exact) mass is 491 g/mol. The number of likely N-dealkylation sites (tertiary alicyclic amines) is 1. The van der Waals surface area contributed by atoms with Crippen LogP contribution in [0.25, 0.3) is 0 Å². The third kappa shape index (κ3) is 6.07. The van der Waals surface area contributed by atoms with Gasteiger partial charge in [0.25, 0.3) is 0 Å². The van der Waals surface area contributed by atoms with Crippen LogP contribution in [0.2, 0.25) is 0 Å². The van der Waals surface area contributed by atoms with E-state index >= 15 is 0 Å². The number of nitrogens with one attached hydrogen (secondary N) is 1. The van der Waals surface area contributed by atoms with Gasteiger partial charge in [-0.25, -0.2) is 4.79 Å². The quantitative estimate of drug-likeness (QED) is 0.685. The Balaban J connectivity index is 1.40. The number of carbonyl (C=O) groups excluding carboxylic acids is 3. The SMILES string of the molecule is CC(NC(=O)C1CCN(C(=O)[C@H]2Cc3ccccc3CN2C(=O)OC(C)(C)C)CC1)c1ccccc1. The van der Waals surface area contributed by atoms with E-state index in [1.165, 1.54) is 0 Å². The van der Waals surface area contributed by atoms with Gasteiger partial charge in [-0.3, -0.25) is 14.5 Å². The summed E-state index contributed by atoms with van der Waals surface area (Å²) in [5.74, 6) is -0.179. The van der Waals surface area contributed by atoms with Crippen molar-refractivity contribution >= 4 is 17.9 Å². The highest BCUT2D eigenvalue weighted by molar-refractivity contribution is 5.87. The first-order chi connectivity index (χ1) is 17.1. The zero-order valence-corrected chi connectivity index (χ0v) is 21.7. The summed E-state index contributed by atoms with van der Waals surface area (Å²) in [4.78, 5) is 43.0. The molecule has 7 nitrogen and oxygen atoms in total. The molecule has 2 aromatic rings. The number of carbonyl (C=O) groups is 3. The van der Waals surface area contributed by atoms with Gasteiger partial charge >= 0.3 is 6.09 Å². The first-order valence-electron chi connectivity index (χ1n) is 12.8. The molecule has 0 aromatic heterocycles. The Bertz CT molecular complexity index is 1090. The summed E-state index contributed by atoms with van der Waals surface area (Å²) < 4.78 is 5.65. The van der Waals surface area contributed by atoms with E-state index in [0.717, 1.165) is 16.7 Å². The van der Waals surface area contributed by atoms with Gasteiger partial charge in [0.05, 0.1) is 12.6 Å². The third-order valence-corrected chi connectivity index (χ3v) is 7.00. The molecule has 1 N–H and O–H groups in total. The lowest BCUT2D eigenvalue weighted by atomic mass is 9.91. The number of benzene rings is 2. The van der Waals surface area contributed by atoms with Crippen molar-refractivity contribution in [2.75, 3.05) is 13.1 Å². The molecule has 7 heteroatoms. The number of fused-ring (bicyclic) bond motifs is 1. The van der Waals surface area contributed by atoms with Crippen LogP contribution in [-0.4, -0.2) is 52.4 Å². The van der Waals surface area contributed by atoms with Crippen molar-refractivity contribution in [3.05, 3.63) is 71.3 Å². The molecule has 0 radical (unpaired) electrons. The van der Waals surface area contributed by atoms with Crippen LogP contribution in [0, 0.1) is 5.92 Å². The fourth-order valence-corrected chi connectivity index (χ4v) is 4.99. The average Bonchev–Trinajstić information content (AvgIpc) is 2.87. The van der Waals surface area contributed by atoms with Gasteiger partial charge in [-0.1, -0.05) is 54.6 Å². The van der Waals surface area contributed by atoms with E-state index in [1.54, 1.807) is 9.80 Å². The van der Waals surface area contributed by atoms with E-state index < -0.39 is 17.7 Å². The fourth-order valence-electron chi connectivity index (χ4n) is 4.99. The lowest BCUT2D eigenvalue weighted by molar-refractivity contribution is -0.140. The van der Waals surface area contributed by atoms with E-state index in [4.69, 9.17) is 4.74 Å². The van der Waals surface area contributed by atoms with Crippen LogP contribution >= 0.6 is 0 Å². The lowest BCUT2D eigenvalue weighted by Crippen LogP contribution is -2.56. The molecule has 3 amide bonds. The van der Waals surface area contributed by atoms with Gasteiger partial charge in [0.2, 0.25) is 11.8 Å². The van der Waals surface area contributed by atoms with Crippen molar-refractivity contribution in [1.82, 2.24) is 15.1 Å². The highest BCUT2D eigenvalue weighted by atomic mass is 16.6. The van der Waals surface area contributed by atoms with Crippen LogP contribution in [0.3, 0.4) is 0 Å². The normalized spacial score (nSPS) is 19.3. The van der Waals surface area contributed by atoms with Gasteiger partial charge in [-0.2, -0.15) is 0 Å². The number of rotatable bonds is 4. The first-order valence-corrected chi connectivity index (χ1v) is 12.8. The molecular formula is C29H37N3O4. The van der Waals surface area contributed by atoms with Crippen molar-refractivity contribution < 1.29 is 19.1 Å². The van der Waals surface area contributed by atoms with E-state index in [0.29, 0.717) is 38.9 Å². The minimum Gasteiger partial charge on any atom is -0.444 e. The second-order valence-corrected chi connectivity index (χ2v) is 10.8. The number of amides is 3. The molecule has 0 bridgehead atoms. The van der Waals surface area contributed by atoms with Crippen LogP contribution in [-0.2, 0) is 27.3 Å². The lowest BCUT2D eigenvalue weighted by Gasteiger charge is -2.40. The molecule has 0 saturated carbocycles. The van der Waals surface area contributed by atoms with Crippen molar-refractivity contribution in [3.63, 3.8) is 0 Å². The number of ether oxygens (including phenoxy) is 1. The molecule has 1 unspecified atom stereocenters. The van der Waals surface area contributed by atoms with Crippen LogP contribution in [0.1, 0.15) is 63.3 Å². The molecule has 192 valence electrons. The van der Waals surface area contributed by atoms with Crippen molar-refractivity contribution in [2.45, 2.75) is 71.2 Å². The number of hydrogen-bond acceptors (Lipinski definition) is 4. The molecule has 2 atom stereocenters. The van der Waals surface area contributed by atoms with Gasteiger partial charge < -0.3 is 15.0 Å². The minimum absolute atomic E-state index is 0.0282. The van der Waals surface area contributed by atoms with Gasteiger partial charge in [0.1, 0.15) is 11.6 Å². The van der Waals surface area contributed by atoms with Crippen LogP contribution in [0.15, 0.2) is 54.6 Å². The molecule has 2 aliphatic rings. The van der Waals surface area contributed by atoms with E-state index in [1.807, 2.05) is 82.3 Å². The standard InChI is InChI=1S/C29H37N3O4/c1-20(21-10-6-5-7-11-21)30-26(33)22-14-16-31(17-15-22)27(34)25-18-23-12-8-9-13-24(23)19-32(25)28(35)36-29(2,3)4/h5-13,20,22,25H,14-19H2,1-4H3,(H,30,33)/t20?,25-/m1/s1. The molecule has 0 spiro atoms. The molecule has 2 heterocycles. The van der Waals surface area contributed by atoms with Gasteiger partial charge in [0.15, 0.2) is 0 Å². The van der Waals surface area contributed by atoms with Crippen LogP contribution in [0.4, 0.5) is 4.79 Å². The van der Waals surface area contributed by atoms with E-state index in [-0.39, 0.29) is 23.8 Å². The second kappa shape index (κ2) is 10.7. The highest BCUT2D eigenvalue weighted by Gasteiger charge is 2.40. The largest absolute Gasteiger partial charge is 0.444 e. The fraction of sp³-hybridized carbons (Fsp3) is 0.483. The van der Waals surface area contributed by atoms with E-state index in [9.17, 15) is 14.4 Å². The predicted molar refractivity (Wildman–Crippen MR) is 138 cm³/mol. The van der Waals surface area contributed by atoms with Gasteiger partial charge in [0, 0.05) is 25.4 Å². The molecule has 0 aliphatic carbocycles. The molecular weight excluding hydrogens is 454 g/mol. The number of hydrogen-bond donors (Lipinski definition) is 1. The van der Waals surface area contributed by atoms with E-state index in [2.05, 4.69) is 5.32 Å². The maximum absolute atomic E-state index is 13.7. The molecule has 36 heavy (non-hydrogen) atoms. The summed E-state index contributed by atoms with van der Waals surface area (Å²) in [6.45, 7) is 8.81. The summed E-state index contributed by atoms with van der Waals surface area (Å²) in [6.07, 6.45) is 1.20. The minimum atomic E-state index is -0.649. The molecule has 1 fully saturated rings. The highest BCUT2D eigenvalue weighted by Crippen LogP contribution is 2.28. The van der Waals surface area contributed by atoms with Crippen molar-refractivity contribution in [3.8, 4) is 0 Å². The Labute approximate surface area is 213 Å². The zero-order chi connectivity index (χ0) is 25.9. The van der Waals surface area contributed by atoms with Crippen LogP contribution < -0.4 is 5.32 Å². The predicted octanol–water partition coefficient (Wildman–Crippen LogP) is 4.46. The second-order valence-electron chi connectivity index (χ2n) is 10.8. The molecule has 2 aromatic carbocycles. The molecule has 1 saturated heterocycles. The Kier molecular flexibility index (Phi) is 7.67. The average molecular weight is 492 g/mol. The van der Waals surface area contributed by atoms with Gasteiger partial charge in [-0.05, 0) is 57.2 Å². The zero-order valence-electron chi connectivity index (χ0n) is 21.7. The van der Waals surface area contributed by atoms with Gasteiger partial charge in [-0.15, -0.1) is 0 Å². The summed E-state index contributed by atoms with van der Waals surface area (Å²) in [6, 6.07) is 17.1. The Morgan fingerprint density at radius 2 is 1.56 bits per heavy atom. The summed E-state index contributed by atoms with van der Waals surface area (Å²) in [5.41, 5.74) is 2.54. The molecule has 2 aliphatic heterocycles. The maximum atomic E-state index is 13.7. The summed E-state index contributed by atoms with van der Waals surface area (Å²) >= 11 is 0. The Morgan fingerprint density at radius 1 is 0.944 bits per heavy atom. The number of piperidine rings is 1. The number of nitrogens with zero attached hydrogens (tertiary/aromatic N) is 2. The topological polar surface area (TPSA) is 79.0 Å². The summed E-state index contributed by atoms with van der Waals surface area (Å²) in [7, 11) is 0. The maximum Gasteiger partial charge on any atom is 0.411 e. The third-order valence-electron chi connectivity index (χ3n) is 7.00. The Morgan fingerprint density at radius 3 is 2.19 bits per heavy atom. The smallest absolute Gasteiger partial charge is 0.411 e. The Hall–Kier alpha value is -3.35. The summed E-state index contributed by atoms with van der Waals surface area (Å²) in [5, 5.41) is 3.12. The first kappa shape index (κ1) is 25.7. The van der Waals surface area contributed by atoms with Crippen LogP contribution in [0.5, 0.6) is 0 Å². The van der Waals surface area contributed by atoms with Crippen molar-refractivity contribution in [2.24, 2.45) is 5.92 Å². The molecule has 4 rings (SSSR count).